The summed E-state index contributed by atoms with van der Waals surface area (Å²) in [5.41, 5.74) is 17.7. The van der Waals surface area contributed by atoms with Gasteiger partial charge in [0.15, 0.2) is 17.5 Å². The molecule has 0 saturated carbocycles. The molecule has 1 spiro atoms. The Morgan fingerprint density at radius 1 is 0.290 bits per heavy atom. The summed E-state index contributed by atoms with van der Waals surface area (Å²) < 4.78 is 2.59. The number of hydrogen-bond acceptors (Lipinski definition) is 4. The zero-order valence-corrected chi connectivity index (χ0v) is 34.3. The van der Waals surface area contributed by atoms with Gasteiger partial charge in [0.05, 0.1) is 5.41 Å². The van der Waals surface area contributed by atoms with Gasteiger partial charge in [0.2, 0.25) is 0 Å². The van der Waals surface area contributed by atoms with Gasteiger partial charge in [-0.3, -0.25) is 0 Å². The summed E-state index contributed by atoms with van der Waals surface area (Å²) in [6.07, 6.45) is 0. The summed E-state index contributed by atoms with van der Waals surface area (Å²) in [4.78, 5) is 15.4. The second-order valence-corrected chi connectivity index (χ2v) is 17.3. The van der Waals surface area contributed by atoms with Crippen LogP contribution in [0.3, 0.4) is 0 Å². The molecule has 288 valence electrons. The molecule has 13 rings (SSSR count). The highest BCUT2D eigenvalue weighted by Gasteiger charge is 2.51. The van der Waals surface area contributed by atoms with Crippen molar-refractivity contribution in [3.8, 4) is 78.7 Å². The summed E-state index contributed by atoms with van der Waals surface area (Å²) in [7, 11) is 0. The third kappa shape index (κ3) is 5.14. The monoisotopic (exact) mass is 805 g/mol. The van der Waals surface area contributed by atoms with Crippen LogP contribution in [0.5, 0.6) is 0 Å². The van der Waals surface area contributed by atoms with E-state index in [0.717, 1.165) is 27.8 Å². The second-order valence-electron chi connectivity index (χ2n) is 16.3. The van der Waals surface area contributed by atoms with Crippen LogP contribution in [0.2, 0.25) is 0 Å². The summed E-state index contributed by atoms with van der Waals surface area (Å²) in [5, 5.41) is 2.60. The maximum atomic E-state index is 5.17. The van der Waals surface area contributed by atoms with Gasteiger partial charge in [0.1, 0.15) is 0 Å². The molecular weight excluding hydrogens is 771 g/mol. The molecule has 11 aromatic rings. The Bertz CT molecular complexity index is 3540. The lowest BCUT2D eigenvalue weighted by molar-refractivity contribution is 0.794. The van der Waals surface area contributed by atoms with Crippen molar-refractivity contribution in [2.24, 2.45) is 0 Å². The van der Waals surface area contributed by atoms with Crippen LogP contribution in [0.25, 0.3) is 98.8 Å². The van der Waals surface area contributed by atoms with Crippen molar-refractivity contribution in [1.82, 2.24) is 15.0 Å². The van der Waals surface area contributed by atoms with Gasteiger partial charge in [-0.2, -0.15) is 0 Å². The van der Waals surface area contributed by atoms with E-state index in [-0.39, 0.29) is 5.41 Å². The van der Waals surface area contributed by atoms with Gasteiger partial charge >= 0.3 is 0 Å². The molecular formula is C58H35N3S. The van der Waals surface area contributed by atoms with Crippen molar-refractivity contribution in [1.29, 1.82) is 0 Å². The first-order valence-electron chi connectivity index (χ1n) is 21.1. The fraction of sp³-hybridized carbons (Fsp3) is 0.0172. The van der Waals surface area contributed by atoms with Gasteiger partial charge in [-0.15, -0.1) is 11.3 Å². The van der Waals surface area contributed by atoms with Crippen molar-refractivity contribution in [2.75, 3.05) is 0 Å². The Balaban J connectivity index is 0.917. The van der Waals surface area contributed by atoms with Gasteiger partial charge in [0.25, 0.3) is 0 Å². The quantitative estimate of drug-likeness (QED) is 0.174. The van der Waals surface area contributed by atoms with Crippen molar-refractivity contribution < 1.29 is 0 Å². The third-order valence-electron chi connectivity index (χ3n) is 13.0. The Kier molecular flexibility index (Phi) is 7.69. The molecule has 0 bridgehead atoms. The fourth-order valence-corrected chi connectivity index (χ4v) is 11.4. The first-order valence-corrected chi connectivity index (χ1v) is 21.9. The summed E-state index contributed by atoms with van der Waals surface area (Å²) in [6.45, 7) is 0. The molecule has 0 radical (unpaired) electrons. The van der Waals surface area contributed by atoms with E-state index in [1.807, 2.05) is 29.5 Å². The van der Waals surface area contributed by atoms with E-state index in [9.17, 15) is 0 Å². The Hall–Kier alpha value is -7.79. The van der Waals surface area contributed by atoms with Crippen LogP contribution >= 0.6 is 11.3 Å². The Labute approximate surface area is 363 Å². The van der Waals surface area contributed by atoms with Crippen LogP contribution in [-0.4, -0.2) is 15.0 Å². The molecule has 2 heterocycles. The van der Waals surface area contributed by atoms with Gasteiger partial charge in [0, 0.05) is 36.9 Å². The highest BCUT2D eigenvalue weighted by atomic mass is 32.1. The van der Waals surface area contributed by atoms with Crippen molar-refractivity contribution in [3.63, 3.8) is 0 Å². The van der Waals surface area contributed by atoms with Crippen LogP contribution in [0.15, 0.2) is 212 Å². The molecule has 9 aromatic carbocycles. The van der Waals surface area contributed by atoms with E-state index in [1.54, 1.807) is 0 Å². The van der Waals surface area contributed by atoms with Crippen molar-refractivity contribution in [2.45, 2.75) is 5.41 Å². The Morgan fingerprint density at radius 3 is 1.50 bits per heavy atom. The third-order valence-corrected chi connectivity index (χ3v) is 14.1. The smallest absolute Gasteiger partial charge is 0.164 e. The molecule has 4 heteroatoms. The molecule has 0 N–H and O–H groups in total. The molecule has 0 atom stereocenters. The predicted octanol–water partition coefficient (Wildman–Crippen LogP) is 14.9. The number of fused-ring (bicyclic) bond motifs is 13. The first-order chi connectivity index (χ1) is 30.7. The van der Waals surface area contributed by atoms with Crippen molar-refractivity contribution in [3.05, 3.63) is 235 Å². The highest BCUT2D eigenvalue weighted by Crippen LogP contribution is 2.63. The molecule has 0 saturated heterocycles. The molecule has 0 aliphatic heterocycles. The van der Waals surface area contributed by atoms with Crippen LogP contribution in [0, 0.1) is 0 Å². The minimum Gasteiger partial charge on any atom is -0.208 e. The van der Waals surface area contributed by atoms with E-state index < -0.39 is 0 Å². The normalized spacial score (nSPS) is 13.0. The first kappa shape index (κ1) is 35.0. The maximum absolute atomic E-state index is 5.17. The maximum Gasteiger partial charge on any atom is 0.164 e. The average molecular weight is 806 g/mol. The topological polar surface area (TPSA) is 38.7 Å². The van der Waals surface area contributed by atoms with Gasteiger partial charge in [-0.1, -0.05) is 194 Å². The lowest BCUT2D eigenvalue weighted by Gasteiger charge is -2.30. The molecule has 2 aliphatic carbocycles. The summed E-state index contributed by atoms with van der Waals surface area (Å²) >= 11 is 1.84. The van der Waals surface area contributed by atoms with Crippen molar-refractivity contribution >= 4 is 31.5 Å². The number of rotatable bonds is 5. The van der Waals surface area contributed by atoms with Crippen LogP contribution in [0.1, 0.15) is 22.3 Å². The summed E-state index contributed by atoms with van der Waals surface area (Å²) in [5.74, 6) is 1.92. The van der Waals surface area contributed by atoms with E-state index in [4.69, 9.17) is 15.0 Å². The fourth-order valence-electron chi connectivity index (χ4n) is 10.3. The van der Waals surface area contributed by atoms with E-state index >= 15 is 0 Å². The number of aromatic nitrogens is 3. The number of benzene rings is 9. The zero-order valence-electron chi connectivity index (χ0n) is 33.5. The molecule has 0 amide bonds. The molecule has 0 unspecified atom stereocenters. The van der Waals surface area contributed by atoms with E-state index in [1.165, 1.54) is 75.8 Å². The number of nitrogens with zero attached hydrogens (tertiary/aromatic N) is 3. The largest absolute Gasteiger partial charge is 0.208 e. The van der Waals surface area contributed by atoms with Crippen LogP contribution in [-0.2, 0) is 5.41 Å². The molecule has 2 aromatic heterocycles. The zero-order chi connectivity index (χ0) is 40.8. The number of thiophene rings is 1. The Morgan fingerprint density at radius 2 is 0.758 bits per heavy atom. The van der Waals surface area contributed by atoms with E-state index in [2.05, 4.69) is 194 Å². The predicted molar refractivity (Wildman–Crippen MR) is 256 cm³/mol. The molecule has 2 aliphatic rings. The van der Waals surface area contributed by atoms with Gasteiger partial charge < -0.3 is 0 Å². The molecule has 62 heavy (non-hydrogen) atoms. The standard InChI is InChI=1S/C58H35N3S/c1-2-14-37(15-3-1)55-59-56(61-57(60-55)41-17-12-16-39(34-41)40-32-33-46-45-20-7-11-27-52(45)62-53(46)35-40)38-30-28-36(29-31-38)42-22-13-26-51-54(42)47-21-6-10-25-50(47)58(51)48-23-8-4-18-43(48)44-19-5-9-24-49(44)58/h1-35H. The van der Waals surface area contributed by atoms with Gasteiger partial charge in [-0.05, 0) is 85.0 Å². The minimum absolute atomic E-state index is 0.382. The van der Waals surface area contributed by atoms with Crippen LogP contribution < -0.4 is 0 Å². The second kappa shape index (κ2) is 13.6. The minimum atomic E-state index is -0.382. The lowest BCUT2D eigenvalue weighted by atomic mass is 9.70. The SMILES string of the molecule is c1ccc(-c2nc(-c3ccc(-c4cccc5c4-c4ccccc4C54c5ccccc5-c5ccccc54)cc3)nc(-c3cccc(-c4ccc5c(c4)sc4ccccc45)c3)n2)cc1. The average Bonchev–Trinajstić information content (AvgIpc) is 3.98. The lowest BCUT2D eigenvalue weighted by Crippen LogP contribution is -2.25. The molecule has 3 nitrogen and oxygen atoms in total. The number of hydrogen-bond donors (Lipinski definition) is 0. The summed E-state index contributed by atoms with van der Waals surface area (Å²) in [6, 6.07) is 76.8. The highest BCUT2D eigenvalue weighted by molar-refractivity contribution is 7.25. The van der Waals surface area contributed by atoms with E-state index in [0.29, 0.717) is 17.5 Å². The van der Waals surface area contributed by atoms with Crippen LogP contribution in [0.4, 0.5) is 0 Å². The van der Waals surface area contributed by atoms with Gasteiger partial charge in [-0.25, -0.2) is 15.0 Å². The molecule has 0 fully saturated rings.